The van der Waals surface area contributed by atoms with E-state index < -0.39 is 11.8 Å². The van der Waals surface area contributed by atoms with Crippen LogP contribution in [-0.2, 0) is 4.79 Å². The number of benzene rings is 3. The second-order valence-corrected chi connectivity index (χ2v) is 6.71. The Kier molecular flexibility index (Phi) is 4.95. The summed E-state index contributed by atoms with van der Waals surface area (Å²) >= 11 is 0. The average Bonchev–Trinajstić information content (AvgIpc) is 3.23. The van der Waals surface area contributed by atoms with E-state index in [0.717, 1.165) is 22.1 Å². The minimum atomic E-state index is -0.446. The number of hydrogen-bond donors (Lipinski definition) is 2. The van der Waals surface area contributed by atoms with E-state index in [1.165, 1.54) is 0 Å². The van der Waals surface area contributed by atoms with Crippen LogP contribution in [0.1, 0.15) is 28.8 Å². The van der Waals surface area contributed by atoms with Gasteiger partial charge in [0.25, 0.3) is 5.91 Å². The lowest BCUT2D eigenvalue weighted by Gasteiger charge is -2.14. The van der Waals surface area contributed by atoms with E-state index >= 15 is 0 Å². The second-order valence-electron chi connectivity index (χ2n) is 6.71. The fourth-order valence-corrected chi connectivity index (χ4v) is 3.13. The quantitative estimate of drug-likeness (QED) is 0.667. The molecule has 1 heterocycles. The summed E-state index contributed by atoms with van der Waals surface area (Å²) in [4.78, 5) is 24.8. The first-order chi connectivity index (χ1) is 14.0. The van der Waals surface area contributed by atoms with E-state index in [1.807, 2.05) is 36.4 Å². The van der Waals surface area contributed by atoms with Gasteiger partial charge in [0.05, 0.1) is 13.0 Å². The monoisotopic (exact) mass is 392 g/mol. The Morgan fingerprint density at radius 2 is 1.69 bits per heavy atom. The number of hydrogen-bond acceptors (Lipinski definition) is 5. The molecule has 1 aliphatic heterocycles. The number of carbonyl (C=O) groups is 2. The predicted molar refractivity (Wildman–Crippen MR) is 107 cm³/mol. The van der Waals surface area contributed by atoms with Crippen LogP contribution >= 0.6 is 0 Å². The van der Waals surface area contributed by atoms with Gasteiger partial charge in [-0.05, 0) is 53.6 Å². The second kappa shape index (κ2) is 7.71. The molecule has 0 aliphatic carbocycles. The van der Waals surface area contributed by atoms with Crippen molar-refractivity contribution in [1.29, 1.82) is 0 Å². The Morgan fingerprint density at radius 3 is 2.52 bits per heavy atom. The van der Waals surface area contributed by atoms with Gasteiger partial charge in [-0.1, -0.05) is 24.3 Å². The van der Waals surface area contributed by atoms with Crippen LogP contribution in [0.4, 0.5) is 0 Å². The van der Waals surface area contributed by atoms with E-state index in [4.69, 9.17) is 14.2 Å². The summed E-state index contributed by atoms with van der Waals surface area (Å²) in [5, 5.41) is 2.03. The molecule has 4 rings (SSSR count). The van der Waals surface area contributed by atoms with Crippen molar-refractivity contribution < 1.29 is 23.8 Å². The number of fused-ring (bicyclic) bond motifs is 2. The van der Waals surface area contributed by atoms with Crippen molar-refractivity contribution in [2.24, 2.45) is 0 Å². The van der Waals surface area contributed by atoms with Crippen molar-refractivity contribution >= 4 is 22.6 Å². The molecule has 0 fully saturated rings. The minimum Gasteiger partial charge on any atom is -0.497 e. The number of amides is 2. The van der Waals surface area contributed by atoms with Crippen LogP contribution in [0.25, 0.3) is 10.8 Å². The molecular weight excluding hydrogens is 372 g/mol. The summed E-state index contributed by atoms with van der Waals surface area (Å²) in [5.74, 6) is 0.681. The van der Waals surface area contributed by atoms with Crippen LogP contribution in [0.5, 0.6) is 17.2 Å². The van der Waals surface area contributed by atoms with Crippen LogP contribution in [0.15, 0.2) is 54.6 Å². The molecule has 0 bridgehead atoms. The van der Waals surface area contributed by atoms with Crippen LogP contribution in [0.3, 0.4) is 0 Å². The van der Waals surface area contributed by atoms with Gasteiger partial charge in [0.1, 0.15) is 5.75 Å². The molecule has 3 aromatic carbocycles. The third kappa shape index (κ3) is 3.80. The summed E-state index contributed by atoms with van der Waals surface area (Å²) in [6, 6.07) is 16.4. The Labute approximate surface area is 167 Å². The summed E-state index contributed by atoms with van der Waals surface area (Å²) in [6.07, 6.45) is 0. The zero-order valence-electron chi connectivity index (χ0n) is 16.0. The number of carbonyl (C=O) groups excluding carboxylic acids is 2. The van der Waals surface area contributed by atoms with Gasteiger partial charge in [-0.3, -0.25) is 20.4 Å². The van der Waals surface area contributed by atoms with Crippen molar-refractivity contribution in [2.75, 3.05) is 13.9 Å². The fraction of sp³-hybridized carbons (Fsp3) is 0.182. The first-order valence-electron chi connectivity index (χ1n) is 9.13. The first kappa shape index (κ1) is 18.6. The molecule has 148 valence electrons. The number of ether oxygens (including phenoxy) is 3. The summed E-state index contributed by atoms with van der Waals surface area (Å²) in [7, 11) is 1.62. The Bertz CT molecular complexity index is 1100. The largest absolute Gasteiger partial charge is 0.497 e. The fourth-order valence-electron chi connectivity index (χ4n) is 3.13. The van der Waals surface area contributed by atoms with Crippen LogP contribution < -0.4 is 25.1 Å². The molecule has 0 unspecified atom stereocenters. The van der Waals surface area contributed by atoms with Crippen molar-refractivity contribution in [3.63, 3.8) is 0 Å². The zero-order chi connectivity index (χ0) is 20.4. The summed E-state index contributed by atoms with van der Waals surface area (Å²) in [5.41, 5.74) is 6.13. The molecule has 2 amide bonds. The van der Waals surface area contributed by atoms with Gasteiger partial charge in [0.15, 0.2) is 11.5 Å². The van der Waals surface area contributed by atoms with Gasteiger partial charge in [-0.25, -0.2) is 0 Å². The molecule has 3 aromatic rings. The van der Waals surface area contributed by atoms with E-state index in [0.29, 0.717) is 17.1 Å². The third-order valence-electron chi connectivity index (χ3n) is 4.90. The van der Waals surface area contributed by atoms with Gasteiger partial charge < -0.3 is 14.2 Å². The maximum atomic E-state index is 12.5. The highest BCUT2D eigenvalue weighted by molar-refractivity contribution is 5.97. The molecule has 7 heteroatoms. The number of rotatable bonds is 4. The lowest BCUT2D eigenvalue weighted by Crippen LogP contribution is -2.43. The van der Waals surface area contributed by atoms with Crippen LogP contribution in [0, 0.1) is 0 Å². The normalized spacial score (nSPS) is 13.0. The molecule has 29 heavy (non-hydrogen) atoms. The number of nitrogens with one attached hydrogen (secondary N) is 2. The highest BCUT2D eigenvalue weighted by Gasteiger charge is 2.19. The zero-order valence-corrected chi connectivity index (χ0v) is 16.0. The molecule has 0 aromatic heterocycles. The van der Waals surface area contributed by atoms with Gasteiger partial charge in [0.2, 0.25) is 12.7 Å². The van der Waals surface area contributed by atoms with Gasteiger partial charge >= 0.3 is 0 Å². The van der Waals surface area contributed by atoms with Crippen LogP contribution in [0.2, 0.25) is 0 Å². The lowest BCUT2D eigenvalue weighted by atomic mass is 9.97. The van der Waals surface area contributed by atoms with E-state index in [2.05, 4.69) is 10.9 Å². The van der Waals surface area contributed by atoms with Crippen molar-refractivity contribution in [3.8, 4) is 17.2 Å². The lowest BCUT2D eigenvalue weighted by molar-refractivity contribution is -0.123. The Balaban J connectivity index is 1.41. The summed E-state index contributed by atoms with van der Waals surface area (Å²) in [6.45, 7) is 1.92. The average molecular weight is 392 g/mol. The molecule has 2 N–H and O–H groups in total. The van der Waals surface area contributed by atoms with Gasteiger partial charge in [0, 0.05) is 5.56 Å². The van der Waals surface area contributed by atoms with E-state index in [1.54, 1.807) is 32.2 Å². The van der Waals surface area contributed by atoms with E-state index in [9.17, 15) is 9.59 Å². The topological polar surface area (TPSA) is 85.9 Å². The molecular formula is C22H20N2O5. The highest BCUT2D eigenvalue weighted by Crippen LogP contribution is 2.32. The number of hydrazine groups is 1. The molecule has 0 saturated heterocycles. The molecule has 0 saturated carbocycles. The Morgan fingerprint density at radius 1 is 0.931 bits per heavy atom. The maximum absolute atomic E-state index is 12.5. The third-order valence-corrected chi connectivity index (χ3v) is 4.90. The first-order valence-corrected chi connectivity index (χ1v) is 9.13. The molecule has 0 spiro atoms. The maximum Gasteiger partial charge on any atom is 0.269 e. The Hall–Kier alpha value is -3.74. The van der Waals surface area contributed by atoms with Crippen molar-refractivity contribution in [2.45, 2.75) is 12.8 Å². The van der Waals surface area contributed by atoms with E-state index in [-0.39, 0.29) is 12.7 Å². The minimum absolute atomic E-state index is 0.132. The smallest absolute Gasteiger partial charge is 0.269 e. The number of methoxy groups -OCH3 is 1. The molecule has 0 radical (unpaired) electrons. The standard InChI is InChI=1S/C22H20N2O5/c1-13(14-3-4-16-10-18(27-2)7-5-15(16)9-14)21(25)23-24-22(26)17-6-8-19-20(11-17)29-12-28-19/h3-11,13H,12H2,1-2H3,(H,23,25)(H,24,26)/t13-/m0/s1. The highest BCUT2D eigenvalue weighted by atomic mass is 16.7. The molecule has 7 nitrogen and oxygen atoms in total. The van der Waals surface area contributed by atoms with Gasteiger partial charge in [-0.2, -0.15) is 0 Å². The van der Waals surface area contributed by atoms with Crippen molar-refractivity contribution in [3.05, 3.63) is 65.7 Å². The molecule has 1 aliphatic rings. The predicted octanol–water partition coefficient (Wildman–Crippen LogP) is 3.14. The SMILES string of the molecule is COc1ccc2cc([C@H](C)C(=O)NNC(=O)c3ccc4c(c3)OCO4)ccc2c1. The molecule has 1 atom stereocenters. The summed E-state index contributed by atoms with van der Waals surface area (Å²) < 4.78 is 15.7. The van der Waals surface area contributed by atoms with Crippen molar-refractivity contribution in [1.82, 2.24) is 10.9 Å². The van der Waals surface area contributed by atoms with Gasteiger partial charge in [-0.15, -0.1) is 0 Å². The van der Waals surface area contributed by atoms with Crippen LogP contribution in [-0.4, -0.2) is 25.7 Å².